The van der Waals surface area contributed by atoms with Crippen LogP contribution in [-0.4, -0.2) is 26.1 Å². The van der Waals surface area contributed by atoms with Gasteiger partial charge in [-0.2, -0.15) is 0 Å². The molecule has 0 heterocycles. The highest BCUT2D eigenvalue weighted by molar-refractivity contribution is 9.10. The maximum Gasteiger partial charge on any atom is 0.221 e. The van der Waals surface area contributed by atoms with Crippen LogP contribution in [0.25, 0.3) is 0 Å². The Morgan fingerprint density at radius 3 is 2.74 bits per heavy atom. The maximum atomic E-state index is 11.5. The Morgan fingerprint density at radius 1 is 1.47 bits per heavy atom. The summed E-state index contributed by atoms with van der Waals surface area (Å²) in [6.45, 7) is 5.05. The number of ether oxygens (including phenoxy) is 1. The number of rotatable bonds is 6. The molecule has 0 aliphatic rings. The van der Waals surface area contributed by atoms with Gasteiger partial charge < -0.3 is 15.8 Å². The molecular weight excluding hydrogens is 308 g/mol. The number of nitrogens with one attached hydrogen (secondary N) is 1. The van der Waals surface area contributed by atoms with Gasteiger partial charge in [0, 0.05) is 35.0 Å². The first kappa shape index (κ1) is 16.0. The fraction of sp³-hybridized carbons (Fsp3) is 0.500. The average molecular weight is 329 g/mol. The van der Waals surface area contributed by atoms with Crippen LogP contribution in [0.4, 0.5) is 0 Å². The van der Waals surface area contributed by atoms with Crippen LogP contribution in [0.5, 0.6) is 5.75 Å². The highest BCUT2D eigenvalue weighted by Crippen LogP contribution is 2.33. The topological polar surface area (TPSA) is 64.3 Å². The summed E-state index contributed by atoms with van der Waals surface area (Å²) >= 11 is 3.46. The normalized spacial score (nSPS) is 11.2. The van der Waals surface area contributed by atoms with E-state index in [0.717, 1.165) is 15.8 Å². The van der Waals surface area contributed by atoms with Crippen molar-refractivity contribution < 1.29 is 9.53 Å². The first-order valence-electron chi connectivity index (χ1n) is 6.21. The van der Waals surface area contributed by atoms with Crippen LogP contribution in [0.15, 0.2) is 22.7 Å². The molecule has 0 atom stereocenters. The van der Waals surface area contributed by atoms with Gasteiger partial charge in [-0.15, -0.1) is 0 Å². The molecule has 0 aliphatic heterocycles. The monoisotopic (exact) mass is 328 g/mol. The zero-order valence-corrected chi connectivity index (χ0v) is 13.2. The van der Waals surface area contributed by atoms with Gasteiger partial charge in [-0.25, -0.2) is 0 Å². The minimum atomic E-state index is -0.223. The largest absolute Gasteiger partial charge is 0.496 e. The van der Waals surface area contributed by atoms with Crippen molar-refractivity contribution in [3.63, 3.8) is 0 Å². The van der Waals surface area contributed by atoms with Crippen molar-refractivity contribution in [2.45, 2.75) is 25.7 Å². The summed E-state index contributed by atoms with van der Waals surface area (Å²) in [4.78, 5) is 11.5. The minimum absolute atomic E-state index is 0.0236. The summed E-state index contributed by atoms with van der Waals surface area (Å²) < 4.78 is 6.38. The maximum absolute atomic E-state index is 11.5. The Kier molecular flexibility index (Phi) is 5.82. The number of amides is 1. The average Bonchev–Trinajstić information content (AvgIpc) is 2.37. The Morgan fingerprint density at radius 2 is 2.16 bits per heavy atom. The smallest absolute Gasteiger partial charge is 0.221 e. The van der Waals surface area contributed by atoms with Crippen LogP contribution in [0.1, 0.15) is 25.8 Å². The molecule has 3 N–H and O–H groups in total. The lowest BCUT2D eigenvalue weighted by Crippen LogP contribution is -2.37. The van der Waals surface area contributed by atoms with E-state index in [-0.39, 0.29) is 11.3 Å². The quantitative estimate of drug-likeness (QED) is 0.841. The molecule has 5 heteroatoms. The van der Waals surface area contributed by atoms with Gasteiger partial charge in [-0.05, 0) is 18.2 Å². The summed E-state index contributed by atoms with van der Waals surface area (Å²) in [5, 5.41) is 2.90. The molecule has 0 saturated heterocycles. The third-order valence-electron chi connectivity index (χ3n) is 2.99. The van der Waals surface area contributed by atoms with Crippen molar-refractivity contribution in [2.75, 3.05) is 20.2 Å². The second kappa shape index (κ2) is 6.91. The van der Waals surface area contributed by atoms with Crippen molar-refractivity contribution >= 4 is 21.8 Å². The molecule has 1 aromatic rings. The summed E-state index contributed by atoms with van der Waals surface area (Å²) in [5.41, 5.74) is 6.19. The Balaban J connectivity index is 2.86. The lowest BCUT2D eigenvalue weighted by atomic mass is 9.84. The highest BCUT2D eigenvalue weighted by Gasteiger charge is 2.25. The van der Waals surface area contributed by atoms with Gasteiger partial charge in [0.05, 0.1) is 7.11 Å². The summed E-state index contributed by atoms with van der Waals surface area (Å²) in [5.74, 6) is 0.797. The molecule has 0 bridgehead atoms. The standard InChI is InChI=1S/C14H21BrN2O2/c1-14(2,9-17-13(18)6-7-16)11-8-10(15)4-5-12(11)19-3/h4-5,8H,6-7,9,16H2,1-3H3,(H,17,18). The van der Waals surface area contributed by atoms with Crippen LogP contribution in [0.2, 0.25) is 0 Å². The molecule has 1 amide bonds. The summed E-state index contributed by atoms with van der Waals surface area (Å²) in [6, 6.07) is 5.88. The Labute approximate surface area is 122 Å². The van der Waals surface area contributed by atoms with E-state index in [9.17, 15) is 4.79 Å². The number of halogens is 1. The lowest BCUT2D eigenvalue weighted by molar-refractivity contribution is -0.121. The van der Waals surface area contributed by atoms with Crippen molar-refractivity contribution in [2.24, 2.45) is 5.73 Å². The van der Waals surface area contributed by atoms with E-state index in [1.165, 1.54) is 0 Å². The predicted molar refractivity (Wildman–Crippen MR) is 80.4 cm³/mol. The van der Waals surface area contributed by atoms with E-state index in [1.807, 2.05) is 18.2 Å². The van der Waals surface area contributed by atoms with E-state index in [2.05, 4.69) is 35.1 Å². The van der Waals surface area contributed by atoms with Gasteiger partial charge in [0.2, 0.25) is 5.91 Å². The van der Waals surface area contributed by atoms with Crippen molar-refractivity contribution in [1.82, 2.24) is 5.32 Å². The molecule has 0 spiro atoms. The number of hydrogen-bond donors (Lipinski definition) is 2. The number of nitrogens with two attached hydrogens (primary N) is 1. The van der Waals surface area contributed by atoms with E-state index in [0.29, 0.717) is 19.5 Å². The van der Waals surface area contributed by atoms with E-state index in [1.54, 1.807) is 7.11 Å². The van der Waals surface area contributed by atoms with Gasteiger partial charge in [0.1, 0.15) is 5.75 Å². The molecule has 1 rings (SSSR count). The molecule has 0 aliphatic carbocycles. The molecule has 0 unspecified atom stereocenters. The van der Waals surface area contributed by atoms with Gasteiger partial charge in [0.15, 0.2) is 0 Å². The number of methoxy groups -OCH3 is 1. The highest BCUT2D eigenvalue weighted by atomic mass is 79.9. The predicted octanol–water partition coefficient (Wildman–Crippen LogP) is 2.20. The first-order valence-corrected chi connectivity index (χ1v) is 7.01. The van der Waals surface area contributed by atoms with E-state index >= 15 is 0 Å². The minimum Gasteiger partial charge on any atom is -0.496 e. The number of carbonyl (C=O) groups excluding carboxylic acids is 1. The third kappa shape index (κ3) is 4.51. The molecule has 106 valence electrons. The van der Waals surface area contributed by atoms with Crippen molar-refractivity contribution in [1.29, 1.82) is 0 Å². The van der Waals surface area contributed by atoms with Crippen LogP contribution in [-0.2, 0) is 10.2 Å². The first-order chi connectivity index (χ1) is 8.90. The van der Waals surface area contributed by atoms with Crippen LogP contribution < -0.4 is 15.8 Å². The fourth-order valence-corrected chi connectivity index (χ4v) is 2.20. The van der Waals surface area contributed by atoms with Gasteiger partial charge in [0.25, 0.3) is 0 Å². The number of carbonyl (C=O) groups is 1. The second-order valence-corrected chi connectivity index (χ2v) is 5.96. The lowest BCUT2D eigenvalue weighted by Gasteiger charge is -2.27. The van der Waals surface area contributed by atoms with Gasteiger partial charge >= 0.3 is 0 Å². The summed E-state index contributed by atoms with van der Waals surface area (Å²) in [6.07, 6.45) is 0.353. The van der Waals surface area contributed by atoms with Crippen LogP contribution in [0.3, 0.4) is 0 Å². The fourth-order valence-electron chi connectivity index (χ4n) is 1.84. The molecule has 4 nitrogen and oxygen atoms in total. The summed E-state index contributed by atoms with van der Waals surface area (Å²) in [7, 11) is 1.65. The molecule has 0 saturated carbocycles. The van der Waals surface area contributed by atoms with Crippen LogP contribution in [0, 0.1) is 0 Å². The second-order valence-electron chi connectivity index (χ2n) is 5.04. The molecule has 19 heavy (non-hydrogen) atoms. The van der Waals surface area contributed by atoms with E-state index in [4.69, 9.17) is 10.5 Å². The molecule has 0 aromatic heterocycles. The van der Waals surface area contributed by atoms with Crippen molar-refractivity contribution in [3.05, 3.63) is 28.2 Å². The molecule has 1 aromatic carbocycles. The zero-order valence-electron chi connectivity index (χ0n) is 11.6. The van der Waals surface area contributed by atoms with Gasteiger partial charge in [-0.1, -0.05) is 29.8 Å². The Hall–Kier alpha value is -1.07. The Bertz CT molecular complexity index is 447. The SMILES string of the molecule is COc1ccc(Br)cc1C(C)(C)CNC(=O)CCN. The van der Waals surface area contributed by atoms with Crippen molar-refractivity contribution in [3.8, 4) is 5.75 Å². The van der Waals surface area contributed by atoms with E-state index < -0.39 is 0 Å². The number of hydrogen-bond acceptors (Lipinski definition) is 3. The molecule has 0 radical (unpaired) electrons. The van der Waals surface area contributed by atoms with Crippen LogP contribution >= 0.6 is 15.9 Å². The zero-order chi connectivity index (χ0) is 14.5. The number of benzene rings is 1. The molecule has 0 fully saturated rings. The molecular formula is C14H21BrN2O2. The third-order valence-corrected chi connectivity index (χ3v) is 3.48. The van der Waals surface area contributed by atoms with Gasteiger partial charge in [-0.3, -0.25) is 4.79 Å².